The molecule has 21 heavy (non-hydrogen) atoms. The average Bonchev–Trinajstić information content (AvgIpc) is 2.47. The molecule has 0 spiro atoms. The van der Waals surface area contributed by atoms with Crippen molar-refractivity contribution in [2.75, 3.05) is 12.9 Å². The minimum atomic E-state index is -4.17. The number of rotatable bonds is 6. The van der Waals surface area contributed by atoms with Crippen LogP contribution in [0, 0.1) is 0 Å². The van der Waals surface area contributed by atoms with Crippen molar-refractivity contribution in [2.24, 2.45) is 0 Å². The lowest BCUT2D eigenvalue weighted by atomic mass is 10.2. The van der Waals surface area contributed by atoms with E-state index in [0.717, 1.165) is 5.56 Å². The maximum absolute atomic E-state index is 10.5. The summed E-state index contributed by atoms with van der Waals surface area (Å²) in [6, 6.07) is 5.24. The number of aryl methyl sites for hydroxylation is 1. The molecule has 9 heteroatoms. The van der Waals surface area contributed by atoms with Crippen LogP contribution in [-0.2, 0) is 16.7 Å². The molecule has 0 aromatic carbocycles. The van der Waals surface area contributed by atoms with Gasteiger partial charge in [-0.15, -0.1) is 10.2 Å². The second-order valence-electron chi connectivity index (χ2n) is 4.26. The van der Waals surface area contributed by atoms with Crippen LogP contribution in [0.2, 0.25) is 0 Å². The van der Waals surface area contributed by atoms with E-state index >= 15 is 0 Å². The third-order valence-electron chi connectivity index (χ3n) is 2.70. The maximum Gasteiger partial charge on any atom is 0.233 e. The van der Waals surface area contributed by atoms with Gasteiger partial charge in [0.2, 0.25) is 5.88 Å². The van der Waals surface area contributed by atoms with Gasteiger partial charge < -0.3 is 9.29 Å². The number of hydrogen-bond donors (Lipinski definition) is 0. The summed E-state index contributed by atoms with van der Waals surface area (Å²) < 4.78 is 38.0. The Morgan fingerprint density at radius 3 is 2.62 bits per heavy atom. The Hall–Kier alpha value is -2.13. The van der Waals surface area contributed by atoms with Crippen molar-refractivity contribution in [2.45, 2.75) is 13.0 Å². The van der Waals surface area contributed by atoms with Gasteiger partial charge in [0.15, 0.2) is 12.7 Å². The molecule has 0 atom stereocenters. The Bertz CT molecular complexity index is 686. The number of aromatic nitrogens is 4. The van der Waals surface area contributed by atoms with Gasteiger partial charge in [0.25, 0.3) is 0 Å². The van der Waals surface area contributed by atoms with E-state index in [-0.39, 0.29) is 6.42 Å². The van der Waals surface area contributed by atoms with Crippen molar-refractivity contribution >= 4 is 10.1 Å². The second-order valence-corrected chi connectivity index (χ2v) is 5.78. The largest absolute Gasteiger partial charge is 0.748 e. The highest BCUT2D eigenvalue weighted by Crippen LogP contribution is 2.15. The number of ether oxygens (including phenoxy) is 1. The molecule has 0 aliphatic rings. The van der Waals surface area contributed by atoms with E-state index in [1.54, 1.807) is 35.3 Å². The predicted octanol–water partition coefficient (Wildman–Crippen LogP) is -0.230. The van der Waals surface area contributed by atoms with E-state index in [1.165, 1.54) is 7.11 Å². The van der Waals surface area contributed by atoms with Crippen LogP contribution in [0.5, 0.6) is 5.88 Å². The van der Waals surface area contributed by atoms with E-state index < -0.39 is 15.9 Å². The fourth-order valence-corrected chi connectivity index (χ4v) is 2.14. The standard InChI is InChI=1S/C12H14N4O4S/c1-20-12-4-3-11(14-15-12)10-5-7-16(13-9-10)6-2-8-21(17,18)19/h3-5,7,9H,2,6,8H2,1H3. The first-order chi connectivity index (χ1) is 9.98. The summed E-state index contributed by atoms with van der Waals surface area (Å²) in [6.07, 6.45) is 3.52. The number of hydrogen-bond acceptors (Lipinski definition) is 7. The van der Waals surface area contributed by atoms with Crippen LogP contribution in [0.15, 0.2) is 30.6 Å². The highest BCUT2D eigenvalue weighted by molar-refractivity contribution is 7.85. The van der Waals surface area contributed by atoms with Crippen LogP contribution < -0.4 is 9.42 Å². The first-order valence-electron chi connectivity index (χ1n) is 6.15. The monoisotopic (exact) mass is 310 g/mol. The molecule has 0 N–H and O–H groups in total. The molecule has 0 fully saturated rings. The van der Waals surface area contributed by atoms with Gasteiger partial charge in [-0.3, -0.25) is 0 Å². The topological polar surface area (TPSA) is 109 Å². The van der Waals surface area contributed by atoms with Crippen molar-refractivity contribution < 1.29 is 22.4 Å². The van der Waals surface area contributed by atoms with Gasteiger partial charge in [-0.25, -0.2) is 8.42 Å². The summed E-state index contributed by atoms with van der Waals surface area (Å²) >= 11 is 0. The summed E-state index contributed by atoms with van der Waals surface area (Å²) in [5.74, 6) is 0.0319. The molecule has 112 valence electrons. The minimum absolute atomic E-state index is 0.227. The smallest absolute Gasteiger partial charge is 0.233 e. The van der Waals surface area contributed by atoms with E-state index in [9.17, 15) is 13.0 Å². The lowest BCUT2D eigenvalue weighted by Gasteiger charge is -2.03. The van der Waals surface area contributed by atoms with Crippen molar-refractivity contribution in [1.82, 2.24) is 15.3 Å². The Balaban J connectivity index is 2.01. The van der Waals surface area contributed by atoms with E-state index in [4.69, 9.17) is 4.74 Å². The van der Waals surface area contributed by atoms with E-state index in [1.807, 2.05) is 0 Å². The number of nitrogens with zero attached hydrogens (tertiary/aromatic N) is 4. The van der Waals surface area contributed by atoms with Crippen LogP contribution in [0.1, 0.15) is 6.42 Å². The van der Waals surface area contributed by atoms with Gasteiger partial charge in [-0.1, -0.05) is 4.68 Å². The Morgan fingerprint density at radius 2 is 2.10 bits per heavy atom. The fraction of sp³-hybridized carbons (Fsp3) is 0.333. The van der Waals surface area contributed by atoms with Crippen LogP contribution in [0.3, 0.4) is 0 Å². The summed E-state index contributed by atoms with van der Waals surface area (Å²) in [4.78, 5) is 0. The summed E-state index contributed by atoms with van der Waals surface area (Å²) in [6.45, 7) is 0.357. The van der Waals surface area contributed by atoms with Crippen molar-refractivity contribution in [3.8, 4) is 17.1 Å². The SMILES string of the molecule is COc1ccc(-c2cc[n+](CCCS(=O)(=O)[O-])nc2)nn1. The molecule has 0 aliphatic heterocycles. The zero-order chi connectivity index (χ0) is 15.3. The Morgan fingerprint density at radius 1 is 1.29 bits per heavy atom. The first-order valence-corrected chi connectivity index (χ1v) is 7.73. The van der Waals surface area contributed by atoms with E-state index in [0.29, 0.717) is 18.1 Å². The van der Waals surface area contributed by atoms with Gasteiger partial charge in [-0.05, 0) is 11.2 Å². The van der Waals surface area contributed by atoms with Crippen LogP contribution >= 0.6 is 0 Å². The molecule has 0 radical (unpaired) electrons. The maximum atomic E-state index is 10.5. The van der Waals surface area contributed by atoms with Gasteiger partial charge in [0.05, 0.1) is 22.9 Å². The lowest BCUT2D eigenvalue weighted by Crippen LogP contribution is -2.38. The summed E-state index contributed by atoms with van der Waals surface area (Å²) in [5, 5.41) is 12.0. The fourth-order valence-electron chi connectivity index (χ4n) is 1.65. The van der Waals surface area contributed by atoms with E-state index in [2.05, 4.69) is 15.3 Å². The molecule has 0 unspecified atom stereocenters. The molecule has 0 bridgehead atoms. The van der Waals surface area contributed by atoms with Crippen LogP contribution in [0.25, 0.3) is 11.3 Å². The third kappa shape index (κ3) is 4.72. The molecular formula is C12H14N4O4S. The minimum Gasteiger partial charge on any atom is -0.748 e. The predicted molar refractivity (Wildman–Crippen MR) is 71.2 cm³/mol. The Kier molecular flexibility index (Phi) is 4.76. The van der Waals surface area contributed by atoms with Gasteiger partial charge in [0, 0.05) is 29.9 Å². The highest BCUT2D eigenvalue weighted by Gasteiger charge is 2.07. The first kappa shape index (κ1) is 15.3. The molecule has 0 amide bonds. The molecule has 2 aromatic rings. The lowest BCUT2D eigenvalue weighted by molar-refractivity contribution is -0.753. The number of methoxy groups -OCH3 is 1. The molecular weight excluding hydrogens is 296 g/mol. The zero-order valence-corrected chi connectivity index (χ0v) is 12.2. The van der Waals surface area contributed by atoms with Gasteiger partial charge in [-0.2, -0.15) is 0 Å². The summed E-state index contributed by atoms with van der Waals surface area (Å²) in [7, 11) is -2.66. The molecule has 0 aliphatic carbocycles. The quantitative estimate of drug-likeness (QED) is 0.535. The van der Waals surface area contributed by atoms with Crippen molar-refractivity contribution in [3.05, 3.63) is 30.6 Å². The Labute approximate surface area is 122 Å². The molecule has 0 saturated heterocycles. The summed E-state index contributed by atoms with van der Waals surface area (Å²) in [5.41, 5.74) is 1.43. The van der Waals surface area contributed by atoms with Crippen LogP contribution in [-0.4, -0.2) is 41.1 Å². The van der Waals surface area contributed by atoms with Crippen molar-refractivity contribution in [3.63, 3.8) is 0 Å². The molecule has 2 heterocycles. The van der Waals surface area contributed by atoms with Gasteiger partial charge in [0.1, 0.15) is 6.20 Å². The zero-order valence-electron chi connectivity index (χ0n) is 11.3. The second kappa shape index (κ2) is 6.55. The van der Waals surface area contributed by atoms with Gasteiger partial charge >= 0.3 is 0 Å². The van der Waals surface area contributed by atoms with Crippen LogP contribution in [0.4, 0.5) is 0 Å². The molecule has 8 nitrogen and oxygen atoms in total. The molecule has 0 saturated carbocycles. The molecule has 2 aromatic heterocycles. The third-order valence-corrected chi connectivity index (χ3v) is 3.49. The van der Waals surface area contributed by atoms with Crippen molar-refractivity contribution in [1.29, 1.82) is 0 Å². The highest BCUT2D eigenvalue weighted by atomic mass is 32.2. The normalized spacial score (nSPS) is 11.3. The average molecular weight is 310 g/mol. The molecule has 2 rings (SSSR count).